The molecule has 0 aliphatic rings. The second kappa shape index (κ2) is 4.48. The second-order valence-electron chi connectivity index (χ2n) is 3.22. The summed E-state index contributed by atoms with van der Waals surface area (Å²) in [4.78, 5) is 29.4. The number of rotatable bonds is 3. The molecule has 17 heavy (non-hydrogen) atoms. The van der Waals surface area contributed by atoms with E-state index in [0.29, 0.717) is 5.56 Å². The van der Waals surface area contributed by atoms with E-state index in [1.165, 1.54) is 42.9 Å². The standard InChI is InChI=1S/C11H7N3O3/c15-11(10-7-12-5-6-13-10)8-1-3-9(4-2-8)14(16)17/h1-7H. The fourth-order valence-corrected chi connectivity index (χ4v) is 1.30. The fourth-order valence-electron chi connectivity index (χ4n) is 1.30. The first-order valence-corrected chi connectivity index (χ1v) is 4.73. The Labute approximate surface area is 96.1 Å². The number of nitro groups is 1. The molecule has 0 saturated carbocycles. The van der Waals surface area contributed by atoms with Crippen LogP contribution >= 0.6 is 0 Å². The SMILES string of the molecule is O=C(c1ccc([N+](=O)[O-])cc1)c1cnccn1. The smallest absolute Gasteiger partial charge is 0.269 e. The third kappa shape index (κ3) is 2.31. The Morgan fingerprint density at radius 2 is 1.88 bits per heavy atom. The van der Waals surface area contributed by atoms with Crippen LogP contribution in [0.2, 0.25) is 0 Å². The highest BCUT2D eigenvalue weighted by Crippen LogP contribution is 2.13. The van der Waals surface area contributed by atoms with Crippen LogP contribution in [0.15, 0.2) is 42.9 Å². The van der Waals surface area contributed by atoms with Crippen LogP contribution in [-0.4, -0.2) is 20.7 Å². The molecule has 1 aromatic carbocycles. The Bertz CT molecular complexity index is 552. The van der Waals surface area contributed by atoms with Crippen LogP contribution in [-0.2, 0) is 0 Å². The minimum absolute atomic E-state index is 0.0549. The van der Waals surface area contributed by atoms with Crippen LogP contribution in [0.25, 0.3) is 0 Å². The zero-order valence-electron chi connectivity index (χ0n) is 8.61. The van der Waals surface area contributed by atoms with Crippen molar-refractivity contribution < 1.29 is 9.72 Å². The number of aromatic nitrogens is 2. The lowest BCUT2D eigenvalue weighted by Crippen LogP contribution is -2.04. The maximum atomic E-state index is 11.9. The largest absolute Gasteiger partial charge is 0.287 e. The lowest BCUT2D eigenvalue weighted by atomic mass is 10.1. The van der Waals surface area contributed by atoms with E-state index in [2.05, 4.69) is 9.97 Å². The van der Waals surface area contributed by atoms with Gasteiger partial charge >= 0.3 is 0 Å². The Balaban J connectivity index is 2.30. The van der Waals surface area contributed by atoms with Crippen molar-refractivity contribution in [1.29, 1.82) is 0 Å². The molecule has 0 N–H and O–H groups in total. The summed E-state index contributed by atoms with van der Waals surface area (Å²) in [6.07, 6.45) is 4.23. The van der Waals surface area contributed by atoms with E-state index in [-0.39, 0.29) is 17.2 Å². The number of hydrogen-bond acceptors (Lipinski definition) is 5. The summed E-state index contributed by atoms with van der Waals surface area (Å²) in [5.41, 5.74) is 0.498. The van der Waals surface area contributed by atoms with Gasteiger partial charge in [0.25, 0.3) is 5.69 Å². The third-order valence-corrected chi connectivity index (χ3v) is 2.14. The monoisotopic (exact) mass is 229 g/mol. The van der Waals surface area contributed by atoms with Gasteiger partial charge in [0.15, 0.2) is 0 Å². The topological polar surface area (TPSA) is 86.0 Å². The van der Waals surface area contributed by atoms with Gasteiger partial charge in [-0.25, -0.2) is 4.98 Å². The zero-order valence-corrected chi connectivity index (χ0v) is 8.61. The number of carbonyl (C=O) groups excluding carboxylic acids is 1. The summed E-state index contributed by atoms with van der Waals surface area (Å²) in [7, 11) is 0. The molecule has 0 atom stereocenters. The minimum Gasteiger partial charge on any atom is -0.287 e. The molecule has 2 rings (SSSR count). The first kappa shape index (κ1) is 10.9. The highest BCUT2D eigenvalue weighted by Gasteiger charge is 2.12. The predicted octanol–water partition coefficient (Wildman–Crippen LogP) is 1.62. The van der Waals surface area contributed by atoms with E-state index in [0.717, 1.165) is 0 Å². The number of nitro benzene ring substituents is 1. The second-order valence-corrected chi connectivity index (χ2v) is 3.22. The maximum Gasteiger partial charge on any atom is 0.269 e. The molecule has 0 saturated heterocycles. The molecule has 6 heteroatoms. The molecule has 0 fully saturated rings. The quantitative estimate of drug-likeness (QED) is 0.453. The van der Waals surface area contributed by atoms with Crippen molar-refractivity contribution in [2.75, 3.05) is 0 Å². The van der Waals surface area contributed by atoms with Crippen molar-refractivity contribution in [2.45, 2.75) is 0 Å². The Morgan fingerprint density at radius 3 is 2.41 bits per heavy atom. The number of ketones is 1. The van der Waals surface area contributed by atoms with Gasteiger partial charge in [-0.15, -0.1) is 0 Å². The molecule has 0 bridgehead atoms. The van der Waals surface area contributed by atoms with Crippen LogP contribution in [0.4, 0.5) is 5.69 Å². The summed E-state index contributed by atoms with van der Waals surface area (Å²) in [5.74, 6) is -0.312. The molecule has 84 valence electrons. The summed E-state index contributed by atoms with van der Waals surface area (Å²) in [6, 6.07) is 5.36. The van der Waals surface area contributed by atoms with Gasteiger partial charge in [-0.3, -0.25) is 19.9 Å². The number of non-ortho nitro benzene ring substituents is 1. The number of nitrogens with zero attached hydrogens (tertiary/aromatic N) is 3. The van der Waals surface area contributed by atoms with Gasteiger partial charge in [0.1, 0.15) is 5.69 Å². The third-order valence-electron chi connectivity index (χ3n) is 2.14. The van der Waals surface area contributed by atoms with Crippen molar-refractivity contribution in [3.63, 3.8) is 0 Å². The molecule has 6 nitrogen and oxygen atoms in total. The van der Waals surface area contributed by atoms with E-state index in [9.17, 15) is 14.9 Å². The zero-order chi connectivity index (χ0) is 12.3. The first-order valence-electron chi connectivity index (χ1n) is 4.73. The highest BCUT2D eigenvalue weighted by molar-refractivity contribution is 6.07. The van der Waals surface area contributed by atoms with Crippen molar-refractivity contribution in [1.82, 2.24) is 9.97 Å². The summed E-state index contributed by atoms with van der Waals surface area (Å²) >= 11 is 0. The Morgan fingerprint density at radius 1 is 1.18 bits per heavy atom. The average molecular weight is 229 g/mol. The first-order chi connectivity index (χ1) is 8.18. The van der Waals surface area contributed by atoms with E-state index in [1.807, 2.05) is 0 Å². The molecule has 2 aromatic rings. The van der Waals surface area contributed by atoms with Crippen molar-refractivity contribution in [3.05, 3.63) is 64.2 Å². The summed E-state index contributed by atoms with van der Waals surface area (Å²) in [6.45, 7) is 0. The lowest BCUT2D eigenvalue weighted by molar-refractivity contribution is -0.384. The van der Waals surface area contributed by atoms with Crippen LogP contribution < -0.4 is 0 Å². The van der Waals surface area contributed by atoms with E-state index >= 15 is 0 Å². The van der Waals surface area contributed by atoms with E-state index in [4.69, 9.17) is 0 Å². The molecular weight excluding hydrogens is 222 g/mol. The molecule has 0 aliphatic carbocycles. The predicted molar refractivity (Wildman–Crippen MR) is 58.6 cm³/mol. The molecule has 1 aromatic heterocycles. The Hall–Kier alpha value is -2.63. The lowest BCUT2D eigenvalue weighted by Gasteiger charge is -1.98. The average Bonchev–Trinajstić information content (AvgIpc) is 2.39. The minimum atomic E-state index is -0.517. The maximum absolute atomic E-state index is 11.9. The van der Waals surface area contributed by atoms with Gasteiger partial charge in [-0.05, 0) is 12.1 Å². The van der Waals surface area contributed by atoms with E-state index in [1.54, 1.807) is 0 Å². The number of hydrogen-bond donors (Lipinski definition) is 0. The normalized spacial score (nSPS) is 9.88. The summed E-state index contributed by atoms with van der Waals surface area (Å²) < 4.78 is 0. The fraction of sp³-hybridized carbons (Fsp3) is 0. The van der Waals surface area contributed by atoms with Crippen LogP contribution in [0.5, 0.6) is 0 Å². The molecule has 0 amide bonds. The van der Waals surface area contributed by atoms with Crippen molar-refractivity contribution in [2.24, 2.45) is 0 Å². The molecule has 0 spiro atoms. The van der Waals surface area contributed by atoms with Gasteiger partial charge in [-0.2, -0.15) is 0 Å². The van der Waals surface area contributed by atoms with Gasteiger partial charge in [-0.1, -0.05) is 0 Å². The van der Waals surface area contributed by atoms with Crippen LogP contribution in [0, 0.1) is 10.1 Å². The van der Waals surface area contributed by atoms with Gasteiger partial charge in [0.05, 0.1) is 11.1 Å². The van der Waals surface area contributed by atoms with Gasteiger partial charge in [0.2, 0.25) is 5.78 Å². The van der Waals surface area contributed by atoms with Crippen LogP contribution in [0.3, 0.4) is 0 Å². The van der Waals surface area contributed by atoms with Gasteiger partial charge < -0.3 is 0 Å². The summed E-state index contributed by atoms with van der Waals surface area (Å²) in [5, 5.41) is 10.5. The Kier molecular flexibility index (Phi) is 2.87. The molecule has 0 aliphatic heterocycles. The van der Waals surface area contributed by atoms with Crippen molar-refractivity contribution >= 4 is 11.5 Å². The molecule has 0 radical (unpaired) electrons. The highest BCUT2D eigenvalue weighted by atomic mass is 16.6. The molecular formula is C11H7N3O3. The van der Waals surface area contributed by atoms with E-state index < -0.39 is 4.92 Å². The van der Waals surface area contributed by atoms with Gasteiger partial charge in [0, 0.05) is 30.1 Å². The molecule has 0 unspecified atom stereocenters. The van der Waals surface area contributed by atoms with Crippen molar-refractivity contribution in [3.8, 4) is 0 Å². The van der Waals surface area contributed by atoms with Crippen LogP contribution in [0.1, 0.15) is 16.1 Å². The number of carbonyl (C=O) groups is 1. The number of benzene rings is 1. The molecule has 1 heterocycles.